The second-order valence-electron chi connectivity index (χ2n) is 4.60. The largest absolute Gasteiger partial charge is 0.494 e. The van der Waals surface area contributed by atoms with E-state index in [1.54, 1.807) is 11.8 Å². The van der Waals surface area contributed by atoms with Crippen LogP contribution in [-0.2, 0) is 0 Å². The zero-order chi connectivity index (χ0) is 15.1. The third kappa shape index (κ3) is 4.38. The average molecular weight is 304 g/mol. The van der Waals surface area contributed by atoms with Crippen LogP contribution in [0.1, 0.15) is 20.3 Å². The minimum absolute atomic E-state index is 0.151. The molecule has 2 aromatic rings. The van der Waals surface area contributed by atoms with Crippen molar-refractivity contribution in [2.45, 2.75) is 31.5 Å². The summed E-state index contributed by atoms with van der Waals surface area (Å²) in [4.78, 5) is 7.78. The van der Waals surface area contributed by atoms with Gasteiger partial charge in [0, 0.05) is 11.8 Å². The maximum atomic E-state index is 9.09. The molecular weight excluding hydrogens is 284 g/mol. The van der Waals surface area contributed by atoms with E-state index in [0.717, 1.165) is 34.9 Å². The van der Waals surface area contributed by atoms with Crippen molar-refractivity contribution < 1.29 is 4.74 Å². The number of H-pyrrole nitrogens is 1. The van der Waals surface area contributed by atoms with Gasteiger partial charge < -0.3 is 15.0 Å². The maximum absolute atomic E-state index is 9.09. The van der Waals surface area contributed by atoms with Gasteiger partial charge in [-0.3, -0.25) is 0 Å². The SMILES string of the molecule is CCCNC(C#N)CSc1nc2ccc(OCC)cc2[nH]1. The summed E-state index contributed by atoms with van der Waals surface area (Å²) in [7, 11) is 0. The van der Waals surface area contributed by atoms with E-state index < -0.39 is 0 Å². The van der Waals surface area contributed by atoms with E-state index in [-0.39, 0.29) is 6.04 Å². The van der Waals surface area contributed by atoms with E-state index in [0.29, 0.717) is 12.4 Å². The Morgan fingerprint density at radius 3 is 3.05 bits per heavy atom. The number of nitrogens with zero attached hydrogens (tertiary/aromatic N) is 2. The average Bonchev–Trinajstić information content (AvgIpc) is 2.90. The van der Waals surface area contributed by atoms with E-state index in [9.17, 15) is 0 Å². The Morgan fingerprint density at radius 2 is 2.33 bits per heavy atom. The Labute approximate surface area is 129 Å². The van der Waals surface area contributed by atoms with Crippen LogP contribution >= 0.6 is 11.8 Å². The molecule has 2 N–H and O–H groups in total. The van der Waals surface area contributed by atoms with Crippen LogP contribution in [0.3, 0.4) is 0 Å². The fourth-order valence-corrected chi connectivity index (χ4v) is 2.77. The Kier molecular flexibility index (Phi) is 5.90. The molecule has 2 rings (SSSR count). The van der Waals surface area contributed by atoms with E-state index in [2.05, 4.69) is 28.3 Å². The van der Waals surface area contributed by atoms with Crippen molar-refractivity contribution in [3.63, 3.8) is 0 Å². The molecule has 6 heteroatoms. The van der Waals surface area contributed by atoms with Crippen molar-refractivity contribution in [1.82, 2.24) is 15.3 Å². The fraction of sp³-hybridized carbons (Fsp3) is 0.467. The molecule has 1 unspecified atom stereocenters. The predicted octanol–water partition coefficient (Wildman–Crippen LogP) is 2.95. The number of nitrogens with one attached hydrogen (secondary N) is 2. The van der Waals surface area contributed by atoms with Crippen LogP contribution in [0, 0.1) is 11.3 Å². The van der Waals surface area contributed by atoms with Gasteiger partial charge >= 0.3 is 0 Å². The lowest BCUT2D eigenvalue weighted by molar-refractivity contribution is 0.340. The number of imidazole rings is 1. The fourth-order valence-electron chi connectivity index (χ4n) is 1.91. The zero-order valence-electron chi connectivity index (χ0n) is 12.3. The van der Waals surface area contributed by atoms with Crippen LogP contribution in [0.2, 0.25) is 0 Å². The summed E-state index contributed by atoms with van der Waals surface area (Å²) >= 11 is 1.56. The monoisotopic (exact) mass is 304 g/mol. The molecule has 0 fully saturated rings. The van der Waals surface area contributed by atoms with Crippen molar-refractivity contribution >= 4 is 22.8 Å². The van der Waals surface area contributed by atoms with Crippen molar-refractivity contribution in [2.75, 3.05) is 18.9 Å². The van der Waals surface area contributed by atoms with Crippen molar-refractivity contribution in [1.29, 1.82) is 5.26 Å². The van der Waals surface area contributed by atoms with Gasteiger partial charge in [-0.15, -0.1) is 0 Å². The minimum atomic E-state index is -0.151. The quantitative estimate of drug-likeness (QED) is 0.734. The van der Waals surface area contributed by atoms with Crippen LogP contribution in [-0.4, -0.2) is 34.9 Å². The Hall–Kier alpha value is -1.71. The molecule has 0 saturated carbocycles. The normalized spacial score (nSPS) is 12.2. The van der Waals surface area contributed by atoms with Crippen LogP contribution in [0.5, 0.6) is 5.75 Å². The highest BCUT2D eigenvalue weighted by molar-refractivity contribution is 7.99. The van der Waals surface area contributed by atoms with Crippen LogP contribution in [0.25, 0.3) is 11.0 Å². The Bertz CT molecular complexity index is 620. The first-order valence-electron chi connectivity index (χ1n) is 7.15. The highest BCUT2D eigenvalue weighted by Crippen LogP contribution is 2.23. The number of ether oxygens (including phenoxy) is 1. The summed E-state index contributed by atoms with van der Waals surface area (Å²) in [6, 6.07) is 7.93. The summed E-state index contributed by atoms with van der Waals surface area (Å²) in [5, 5.41) is 13.1. The van der Waals surface area contributed by atoms with Crippen LogP contribution < -0.4 is 10.1 Å². The molecule has 0 amide bonds. The van der Waals surface area contributed by atoms with Crippen LogP contribution in [0.15, 0.2) is 23.4 Å². The van der Waals surface area contributed by atoms with Gasteiger partial charge in [0.15, 0.2) is 5.16 Å². The molecular formula is C15H20N4OS. The first-order valence-corrected chi connectivity index (χ1v) is 8.13. The molecule has 0 bridgehead atoms. The number of benzene rings is 1. The van der Waals surface area contributed by atoms with E-state index in [1.165, 1.54) is 0 Å². The summed E-state index contributed by atoms with van der Waals surface area (Å²) in [6.45, 7) is 5.55. The molecule has 0 aliphatic heterocycles. The molecule has 112 valence electrons. The minimum Gasteiger partial charge on any atom is -0.494 e. The molecule has 21 heavy (non-hydrogen) atoms. The van der Waals surface area contributed by atoms with Gasteiger partial charge in [-0.1, -0.05) is 18.7 Å². The van der Waals surface area contributed by atoms with E-state index in [1.807, 2.05) is 25.1 Å². The van der Waals surface area contributed by atoms with Gasteiger partial charge in [0.25, 0.3) is 0 Å². The van der Waals surface area contributed by atoms with Crippen LogP contribution in [0.4, 0.5) is 0 Å². The number of rotatable bonds is 8. The molecule has 5 nitrogen and oxygen atoms in total. The van der Waals surface area contributed by atoms with Crippen molar-refractivity contribution in [2.24, 2.45) is 0 Å². The van der Waals surface area contributed by atoms with E-state index >= 15 is 0 Å². The number of hydrogen-bond donors (Lipinski definition) is 2. The lowest BCUT2D eigenvalue weighted by atomic mass is 10.3. The molecule has 1 aromatic carbocycles. The highest BCUT2D eigenvalue weighted by atomic mass is 32.2. The first-order chi connectivity index (χ1) is 10.3. The number of hydrogen-bond acceptors (Lipinski definition) is 5. The van der Waals surface area contributed by atoms with Gasteiger partial charge in [0.05, 0.1) is 23.7 Å². The van der Waals surface area contributed by atoms with Crippen molar-refractivity contribution in [3.05, 3.63) is 18.2 Å². The van der Waals surface area contributed by atoms with Gasteiger partial charge in [0.1, 0.15) is 11.8 Å². The summed E-state index contributed by atoms with van der Waals surface area (Å²) in [5.74, 6) is 1.51. The van der Waals surface area contributed by atoms with Gasteiger partial charge in [0.2, 0.25) is 0 Å². The van der Waals surface area contributed by atoms with Gasteiger partial charge in [-0.25, -0.2) is 4.98 Å². The van der Waals surface area contributed by atoms with Crippen molar-refractivity contribution in [3.8, 4) is 11.8 Å². The first kappa shape index (κ1) is 15.7. The summed E-state index contributed by atoms with van der Waals surface area (Å²) in [5.41, 5.74) is 1.87. The molecule has 0 radical (unpaired) electrons. The number of aromatic nitrogens is 2. The summed E-state index contributed by atoms with van der Waals surface area (Å²) < 4.78 is 5.48. The number of thioether (sulfide) groups is 1. The lowest BCUT2D eigenvalue weighted by Gasteiger charge is -2.08. The topological polar surface area (TPSA) is 73.7 Å². The second-order valence-corrected chi connectivity index (χ2v) is 5.61. The molecule has 1 heterocycles. The molecule has 1 aromatic heterocycles. The number of fused-ring (bicyclic) bond motifs is 1. The molecule has 0 aliphatic carbocycles. The number of nitriles is 1. The maximum Gasteiger partial charge on any atom is 0.166 e. The standard InChI is InChI=1S/C15H20N4OS/c1-3-7-17-11(9-16)10-21-15-18-13-6-5-12(20-4-2)8-14(13)19-15/h5-6,8,11,17H,3-4,7,10H2,1-2H3,(H,18,19). The van der Waals surface area contributed by atoms with E-state index in [4.69, 9.17) is 10.00 Å². The molecule has 1 atom stereocenters. The van der Waals surface area contributed by atoms with Gasteiger partial charge in [-0.2, -0.15) is 5.26 Å². The lowest BCUT2D eigenvalue weighted by Crippen LogP contribution is -2.30. The second kappa shape index (κ2) is 7.91. The molecule has 0 spiro atoms. The molecule has 0 aliphatic rings. The molecule has 0 saturated heterocycles. The zero-order valence-corrected chi connectivity index (χ0v) is 13.2. The smallest absolute Gasteiger partial charge is 0.166 e. The third-order valence-corrected chi connectivity index (χ3v) is 3.89. The Balaban J connectivity index is 2.00. The number of aromatic amines is 1. The predicted molar refractivity (Wildman–Crippen MR) is 85.7 cm³/mol. The Morgan fingerprint density at radius 1 is 1.48 bits per heavy atom. The van der Waals surface area contributed by atoms with Gasteiger partial charge in [-0.05, 0) is 32.0 Å². The third-order valence-electron chi connectivity index (χ3n) is 2.93. The highest BCUT2D eigenvalue weighted by Gasteiger charge is 2.10. The summed E-state index contributed by atoms with van der Waals surface area (Å²) in [6.07, 6.45) is 1.02.